The highest BCUT2D eigenvalue weighted by Crippen LogP contribution is 2.34. The lowest BCUT2D eigenvalue weighted by Gasteiger charge is -2.29. The molecule has 1 fully saturated rings. The van der Waals surface area contributed by atoms with Gasteiger partial charge in [-0.1, -0.05) is 12.1 Å². The van der Waals surface area contributed by atoms with E-state index in [1.54, 1.807) is 6.33 Å². The SMILES string of the molecule is Nc1nc(Cl)nc2c1ncn2[C@H]1CC[C@@H](COC(=O)NCc2cccc(C(F)(F)F)c2)CC1. The number of nitrogen functional groups attached to an aromatic ring is 1. The molecule has 1 aliphatic carbocycles. The van der Waals surface area contributed by atoms with Crippen LogP contribution in [0.2, 0.25) is 5.28 Å². The lowest BCUT2D eigenvalue weighted by Crippen LogP contribution is -2.28. The van der Waals surface area contributed by atoms with Gasteiger partial charge in [0.2, 0.25) is 5.28 Å². The van der Waals surface area contributed by atoms with Crippen LogP contribution >= 0.6 is 11.6 Å². The first-order valence-corrected chi connectivity index (χ1v) is 10.8. The number of carbonyl (C=O) groups is 1. The van der Waals surface area contributed by atoms with Crippen molar-refractivity contribution in [2.24, 2.45) is 5.92 Å². The molecule has 1 amide bonds. The van der Waals surface area contributed by atoms with Gasteiger partial charge in [-0.05, 0) is 60.9 Å². The number of carbonyl (C=O) groups excluding carboxylic acids is 1. The molecule has 2 heterocycles. The minimum absolute atomic E-state index is 0.0449. The Balaban J connectivity index is 1.24. The number of nitrogens with zero attached hydrogens (tertiary/aromatic N) is 4. The van der Waals surface area contributed by atoms with Crippen LogP contribution in [0.5, 0.6) is 0 Å². The van der Waals surface area contributed by atoms with Crippen LogP contribution in [-0.2, 0) is 17.5 Å². The number of fused-ring (bicyclic) bond motifs is 1. The Labute approximate surface area is 192 Å². The van der Waals surface area contributed by atoms with E-state index in [9.17, 15) is 18.0 Å². The number of hydrogen-bond donors (Lipinski definition) is 2. The highest BCUT2D eigenvalue weighted by Gasteiger charge is 2.30. The number of alkyl halides is 3. The molecule has 1 aromatic carbocycles. The lowest BCUT2D eigenvalue weighted by molar-refractivity contribution is -0.137. The summed E-state index contributed by atoms with van der Waals surface area (Å²) in [6.45, 7) is 0.198. The van der Waals surface area contributed by atoms with E-state index in [4.69, 9.17) is 22.1 Å². The minimum Gasteiger partial charge on any atom is -0.449 e. The second-order valence-corrected chi connectivity index (χ2v) is 8.36. The van der Waals surface area contributed by atoms with Gasteiger partial charge in [0.15, 0.2) is 11.5 Å². The van der Waals surface area contributed by atoms with Gasteiger partial charge < -0.3 is 20.4 Å². The van der Waals surface area contributed by atoms with E-state index in [-0.39, 0.29) is 36.2 Å². The summed E-state index contributed by atoms with van der Waals surface area (Å²) in [5.41, 5.74) is 6.57. The third-order valence-corrected chi connectivity index (χ3v) is 5.94. The number of anilines is 1. The van der Waals surface area contributed by atoms with Crippen LogP contribution in [0, 0.1) is 5.92 Å². The normalized spacial score (nSPS) is 18.9. The number of hydrogen-bond acceptors (Lipinski definition) is 6. The molecule has 12 heteroatoms. The fraction of sp³-hybridized carbons (Fsp3) is 0.429. The van der Waals surface area contributed by atoms with Gasteiger partial charge in [-0.15, -0.1) is 0 Å². The number of rotatable bonds is 5. The first kappa shape index (κ1) is 23.1. The molecule has 0 saturated heterocycles. The van der Waals surface area contributed by atoms with E-state index < -0.39 is 17.8 Å². The van der Waals surface area contributed by atoms with E-state index >= 15 is 0 Å². The first-order chi connectivity index (χ1) is 15.7. The summed E-state index contributed by atoms with van der Waals surface area (Å²) in [6, 6.07) is 4.99. The molecule has 0 bridgehead atoms. The third kappa shape index (κ3) is 5.47. The van der Waals surface area contributed by atoms with E-state index in [1.807, 2.05) is 4.57 Å². The summed E-state index contributed by atoms with van der Waals surface area (Å²) in [4.78, 5) is 24.5. The quantitative estimate of drug-likeness (QED) is 0.508. The Hall–Kier alpha value is -3.08. The number of nitrogens with two attached hydrogens (primary N) is 1. The average Bonchev–Trinajstić information content (AvgIpc) is 3.20. The molecule has 8 nitrogen and oxygen atoms in total. The monoisotopic (exact) mass is 482 g/mol. The van der Waals surface area contributed by atoms with Crippen molar-refractivity contribution in [2.75, 3.05) is 12.3 Å². The molecule has 3 N–H and O–H groups in total. The Morgan fingerprint density at radius 3 is 2.73 bits per heavy atom. The average molecular weight is 483 g/mol. The molecular formula is C21H22ClF3N6O2. The maximum Gasteiger partial charge on any atom is 0.416 e. The summed E-state index contributed by atoms with van der Waals surface area (Å²) < 4.78 is 45.6. The zero-order valence-corrected chi connectivity index (χ0v) is 18.2. The number of halogens is 4. The second-order valence-electron chi connectivity index (χ2n) is 8.03. The third-order valence-electron chi connectivity index (χ3n) is 5.77. The molecule has 0 spiro atoms. The van der Waals surface area contributed by atoms with E-state index in [0.29, 0.717) is 16.7 Å². The predicted octanol–water partition coefficient (Wildman–Crippen LogP) is 4.74. The Kier molecular flexibility index (Phi) is 6.59. The molecule has 3 aromatic rings. The molecular weight excluding hydrogens is 461 g/mol. The van der Waals surface area contributed by atoms with Gasteiger partial charge in [0.05, 0.1) is 18.5 Å². The summed E-state index contributed by atoms with van der Waals surface area (Å²) >= 11 is 5.93. The number of ether oxygens (including phenoxy) is 1. The maximum absolute atomic E-state index is 12.8. The van der Waals surface area contributed by atoms with Gasteiger partial charge in [-0.3, -0.25) is 0 Å². The molecule has 2 aromatic heterocycles. The zero-order chi connectivity index (χ0) is 23.6. The van der Waals surface area contributed by atoms with E-state index in [0.717, 1.165) is 37.8 Å². The number of aromatic nitrogens is 4. The number of nitrogens with one attached hydrogen (secondary N) is 1. The standard InChI is InChI=1S/C21H22ClF3N6O2/c22-19-29-17(26)16-18(30-19)31(11-28-16)15-6-4-12(5-7-15)10-33-20(32)27-9-13-2-1-3-14(8-13)21(23,24)25/h1-3,8,11-12,15H,4-7,9-10H2,(H,27,32)(H2,26,29,30)/t12-,15+. The Morgan fingerprint density at radius 2 is 2.00 bits per heavy atom. The molecule has 1 aliphatic rings. The molecule has 176 valence electrons. The molecule has 0 aliphatic heterocycles. The van der Waals surface area contributed by atoms with Gasteiger partial charge >= 0.3 is 12.3 Å². The molecule has 1 saturated carbocycles. The molecule has 0 radical (unpaired) electrons. The van der Waals surface area contributed by atoms with Crippen molar-refractivity contribution in [2.45, 2.75) is 44.4 Å². The Bertz CT molecular complexity index is 1140. The summed E-state index contributed by atoms with van der Waals surface area (Å²) in [5, 5.41) is 2.57. The van der Waals surface area contributed by atoms with Crippen LogP contribution in [0.1, 0.15) is 42.9 Å². The van der Waals surface area contributed by atoms with Crippen molar-refractivity contribution in [3.8, 4) is 0 Å². The predicted molar refractivity (Wildman–Crippen MR) is 115 cm³/mol. The van der Waals surface area contributed by atoms with Crippen molar-refractivity contribution in [1.29, 1.82) is 0 Å². The van der Waals surface area contributed by atoms with Crippen LogP contribution in [0.4, 0.5) is 23.8 Å². The fourth-order valence-corrected chi connectivity index (χ4v) is 4.22. The van der Waals surface area contributed by atoms with Gasteiger partial charge in [-0.2, -0.15) is 23.1 Å². The van der Waals surface area contributed by atoms with Crippen LogP contribution in [0.15, 0.2) is 30.6 Å². The van der Waals surface area contributed by atoms with Crippen LogP contribution in [0.3, 0.4) is 0 Å². The van der Waals surface area contributed by atoms with Crippen molar-refractivity contribution in [3.63, 3.8) is 0 Å². The summed E-state index contributed by atoms with van der Waals surface area (Å²) in [7, 11) is 0. The van der Waals surface area contributed by atoms with Gasteiger partial charge in [0.1, 0.15) is 5.52 Å². The summed E-state index contributed by atoms with van der Waals surface area (Å²) in [6.07, 6.45) is -0.0467. The van der Waals surface area contributed by atoms with Gasteiger partial charge in [0, 0.05) is 12.6 Å². The van der Waals surface area contributed by atoms with E-state index in [1.165, 1.54) is 12.1 Å². The van der Waals surface area contributed by atoms with E-state index in [2.05, 4.69) is 20.3 Å². The largest absolute Gasteiger partial charge is 0.449 e. The zero-order valence-electron chi connectivity index (χ0n) is 17.5. The maximum atomic E-state index is 12.8. The molecule has 4 rings (SSSR count). The smallest absolute Gasteiger partial charge is 0.416 e. The highest BCUT2D eigenvalue weighted by molar-refractivity contribution is 6.28. The van der Waals surface area contributed by atoms with Crippen molar-refractivity contribution >= 4 is 34.7 Å². The van der Waals surface area contributed by atoms with Gasteiger partial charge in [0.25, 0.3) is 0 Å². The highest BCUT2D eigenvalue weighted by atomic mass is 35.5. The fourth-order valence-electron chi connectivity index (χ4n) is 4.04. The van der Waals surface area contributed by atoms with Crippen molar-refractivity contribution in [1.82, 2.24) is 24.8 Å². The van der Waals surface area contributed by atoms with Crippen LogP contribution < -0.4 is 11.1 Å². The number of imidazole rings is 1. The molecule has 0 atom stereocenters. The number of benzene rings is 1. The number of amides is 1. The van der Waals surface area contributed by atoms with Crippen LogP contribution in [0.25, 0.3) is 11.2 Å². The molecule has 33 heavy (non-hydrogen) atoms. The second kappa shape index (κ2) is 9.42. The van der Waals surface area contributed by atoms with Crippen LogP contribution in [-0.4, -0.2) is 32.2 Å². The van der Waals surface area contributed by atoms with Gasteiger partial charge in [-0.25, -0.2) is 9.78 Å². The molecule has 0 unspecified atom stereocenters. The van der Waals surface area contributed by atoms with Crippen molar-refractivity contribution < 1.29 is 22.7 Å². The summed E-state index contributed by atoms with van der Waals surface area (Å²) in [5.74, 6) is 0.431. The minimum atomic E-state index is -4.43. The number of alkyl carbamates (subject to hydrolysis) is 1. The topological polar surface area (TPSA) is 108 Å². The lowest BCUT2D eigenvalue weighted by atomic mass is 9.86. The Morgan fingerprint density at radius 1 is 1.24 bits per heavy atom. The van der Waals surface area contributed by atoms with Crippen molar-refractivity contribution in [3.05, 3.63) is 47.0 Å². The first-order valence-electron chi connectivity index (χ1n) is 10.4.